The molecule has 0 saturated carbocycles. The predicted octanol–water partition coefficient (Wildman–Crippen LogP) is 4.09. The average molecular weight is 300 g/mol. The van der Waals surface area contributed by atoms with Crippen molar-refractivity contribution in [2.75, 3.05) is 13.1 Å². The summed E-state index contributed by atoms with van der Waals surface area (Å²) in [5.41, 5.74) is 3.11. The van der Waals surface area contributed by atoms with Crippen molar-refractivity contribution in [2.24, 2.45) is 0 Å². The Morgan fingerprint density at radius 3 is 2.59 bits per heavy atom. The largest absolute Gasteiger partial charge is 0.298 e. The van der Waals surface area contributed by atoms with Crippen LogP contribution in [-0.4, -0.2) is 41.0 Å². The van der Waals surface area contributed by atoms with Crippen molar-refractivity contribution < 1.29 is 0 Å². The summed E-state index contributed by atoms with van der Waals surface area (Å²) < 4.78 is 0. The van der Waals surface area contributed by atoms with Gasteiger partial charge in [0.25, 0.3) is 0 Å². The number of rotatable bonds is 4. The van der Waals surface area contributed by atoms with Crippen molar-refractivity contribution in [3.8, 4) is 0 Å². The van der Waals surface area contributed by atoms with Crippen LogP contribution < -0.4 is 0 Å². The fourth-order valence-corrected chi connectivity index (χ4v) is 4.39. The minimum absolute atomic E-state index is 0.692. The molecule has 2 aliphatic heterocycles. The van der Waals surface area contributed by atoms with E-state index < -0.39 is 0 Å². The van der Waals surface area contributed by atoms with Crippen LogP contribution in [0.15, 0.2) is 24.3 Å². The van der Waals surface area contributed by atoms with E-state index in [0.29, 0.717) is 12.1 Å². The molecule has 2 heteroatoms. The number of hydrogen-bond acceptors (Lipinski definition) is 2. The highest BCUT2D eigenvalue weighted by Gasteiger charge is 2.28. The Kier molecular flexibility index (Phi) is 5.20. The third-order valence-electron chi connectivity index (χ3n) is 5.73. The Morgan fingerprint density at radius 2 is 1.82 bits per heavy atom. The zero-order valence-electron chi connectivity index (χ0n) is 14.6. The molecule has 22 heavy (non-hydrogen) atoms. The predicted molar refractivity (Wildman–Crippen MR) is 94.1 cm³/mol. The van der Waals surface area contributed by atoms with Gasteiger partial charge in [-0.15, -0.1) is 0 Å². The Hall–Kier alpha value is -0.860. The molecule has 0 spiro atoms. The van der Waals surface area contributed by atoms with Crippen LogP contribution in [-0.2, 0) is 13.0 Å². The zero-order chi connectivity index (χ0) is 15.5. The molecule has 1 saturated heterocycles. The maximum atomic E-state index is 2.75. The normalized spacial score (nSPS) is 25.2. The third-order valence-corrected chi connectivity index (χ3v) is 5.73. The second-order valence-electron chi connectivity index (χ2n) is 7.56. The fraction of sp³-hybridized carbons (Fsp3) is 0.700. The van der Waals surface area contributed by atoms with Gasteiger partial charge in [0.2, 0.25) is 0 Å². The Bertz CT molecular complexity index is 482. The second-order valence-corrected chi connectivity index (χ2v) is 7.56. The lowest BCUT2D eigenvalue weighted by Gasteiger charge is -2.42. The summed E-state index contributed by atoms with van der Waals surface area (Å²) >= 11 is 0. The summed E-state index contributed by atoms with van der Waals surface area (Å²) in [5.74, 6) is 0. The summed E-state index contributed by atoms with van der Waals surface area (Å²) in [6, 6.07) is 11.2. The van der Waals surface area contributed by atoms with Gasteiger partial charge in [-0.05, 0) is 64.1 Å². The lowest BCUT2D eigenvalue weighted by molar-refractivity contribution is 0.0736. The van der Waals surface area contributed by atoms with E-state index in [1.807, 2.05) is 0 Å². The van der Waals surface area contributed by atoms with E-state index in [4.69, 9.17) is 0 Å². The molecule has 2 atom stereocenters. The maximum absolute atomic E-state index is 2.75. The van der Waals surface area contributed by atoms with Crippen LogP contribution in [0.2, 0.25) is 0 Å². The van der Waals surface area contributed by atoms with E-state index in [2.05, 4.69) is 54.8 Å². The molecule has 2 heterocycles. The highest BCUT2D eigenvalue weighted by atomic mass is 15.2. The van der Waals surface area contributed by atoms with Gasteiger partial charge in [-0.1, -0.05) is 30.7 Å². The second kappa shape index (κ2) is 7.14. The van der Waals surface area contributed by atoms with E-state index in [9.17, 15) is 0 Å². The van der Waals surface area contributed by atoms with Gasteiger partial charge in [0.15, 0.2) is 0 Å². The van der Waals surface area contributed by atoms with Gasteiger partial charge in [-0.25, -0.2) is 0 Å². The highest BCUT2D eigenvalue weighted by molar-refractivity contribution is 5.29. The number of fused-ring (bicyclic) bond motifs is 1. The van der Waals surface area contributed by atoms with E-state index in [-0.39, 0.29) is 0 Å². The molecule has 2 unspecified atom stereocenters. The smallest absolute Gasteiger partial charge is 0.0239 e. The van der Waals surface area contributed by atoms with Crippen LogP contribution in [0.1, 0.15) is 57.6 Å². The first-order valence-electron chi connectivity index (χ1n) is 9.21. The number of piperidine rings is 1. The minimum Gasteiger partial charge on any atom is -0.298 e. The summed E-state index contributed by atoms with van der Waals surface area (Å²) in [4.78, 5) is 5.45. The molecule has 122 valence electrons. The topological polar surface area (TPSA) is 6.48 Å². The molecule has 1 aromatic rings. The van der Waals surface area contributed by atoms with Crippen LogP contribution in [0, 0.1) is 0 Å². The first kappa shape index (κ1) is 16.0. The van der Waals surface area contributed by atoms with Crippen LogP contribution in [0.3, 0.4) is 0 Å². The van der Waals surface area contributed by atoms with Crippen LogP contribution in [0.5, 0.6) is 0 Å². The molecule has 2 nitrogen and oxygen atoms in total. The lowest BCUT2D eigenvalue weighted by Crippen LogP contribution is -2.48. The van der Waals surface area contributed by atoms with E-state index in [0.717, 1.165) is 12.6 Å². The zero-order valence-corrected chi connectivity index (χ0v) is 14.6. The highest BCUT2D eigenvalue weighted by Crippen LogP contribution is 2.27. The number of likely N-dealkylation sites (tertiary alicyclic amines) is 1. The molecule has 0 radical (unpaired) electrons. The molecule has 3 rings (SSSR count). The van der Waals surface area contributed by atoms with Gasteiger partial charge in [0, 0.05) is 31.2 Å². The van der Waals surface area contributed by atoms with Gasteiger partial charge >= 0.3 is 0 Å². The SMILES string of the molecule is CC(CC1CCCCN1C(C)C)N1CCc2ccccc2C1. The standard InChI is InChI=1S/C20H32N2/c1-16(2)22-12-7-6-10-20(22)14-17(3)21-13-11-18-8-4-5-9-19(18)15-21/h4-5,8-9,16-17,20H,6-7,10-15H2,1-3H3. The molecular formula is C20H32N2. The van der Waals surface area contributed by atoms with Gasteiger partial charge in [-0.2, -0.15) is 0 Å². The summed E-state index contributed by atoms with van der Waals surface area (Å²) in [6.07, 6.45) is 6.76. The maximum Gasteiger partial charge on any atom is 0.0239 e. The lowest BCUT2D eigenvalue weighted by atomic mass is 9.92. The van der Waals surface area contributed by atoms with Crippen molar-refractivity contribution >= 4 is 0 Å². The molecule has 1 aromatic carbocycles. The number of hydrogen-bond donors (Lipinski definition) is 0. The summed E-state index contributed by atoms with van der Waals surface area (Å²) in [7, 11) is 0. The van der Waals surface area contributed by atoms with Gasteiger partial charge in [0.05, 0.1) is 0 Å². The molecule has 0 N–H and O–H groups in total. The molecular weight excluding hydrogens is 268 g/mol. The van der Waals surface area contributed by atoms with Crippen LogP contribution in [0.25, 0.3) is 0 Å². The van der Waals surface area contributed by atoms with E-state index >= 15 is 0 Å². The third kappa shape index (κ3) is 3.55. The quantitative estimate of drug-likeness (QED) is 0.826. The fourth-order valence-electron chi connectivity index (χ4n) is 4.39. The van der Waals surface area contributed by atoms with Crippen molar-refractivity contribution in [2.45, 2.75) is 77.5 Å². The Morgan fingerprint density at radius 1 is 1.05 bits per heavy atom. The van der Waals surface area contributed by atoms with Crippen molar-refractivity contribution in [1.29, 1.82) is 0 Å². The van der Waals surface area contributed by atoms with E-state index in [1.165, 1.54) is 45.2 Å². The number of nitrogens with zero attached hydrogens (tertiary/aromatic N) is 2. The first-order chi connectivity index (χ1) is 10.6. The van der Waals surface area contributed by atoms with Crippen molar-refractivity contribution in [3.63, 3.8) is 0 Å². The van der Waals surface area contributed by atoms with Gasteiger partial charge in [-0.3, -0.25) is 9.80 Å². The average Bonchev–Trinajstić information content (AvgIpc) is 2.54. The summed E-state index contributed by atoms with van der Waals surface area (Å²) in [6.45, 7) is 10.8. The Balaban J connectivity index is 1.61. The van der Waals surface area contributed by atoms with Gasteiger partial charge in [0.1, 0.15) is 0 Å². The molecule has 0 bridgehead atoms. The van der Waals surface area contributed by atoms with Crippen molar-refractivity contribution in [1.82, 2.24) is 9.80 Å². The minimum atomic E-state index is 0.692. The van der Waals surface area contributed by atoms with E-state index in [1.54, 1.807) is 11.1 Å². The monoisotopic (exact) mass is 300 g/mol. The van der Waals surface area contributed by atoms with Crippen molar-refractivity contribution in [3.05, 3.63) is 35.4 Å². The summed E-state index contributed by atoms with van der Waals surface area (Å²) in [5, 5.41) is 0. The molecule has 0 aliphatic carbocycles. The molecule has 2 aliphatic rings. The molecule has 1 fully saturated rings. The number of benzene rings is 1. The van der Waals surface area contributed by atoms with Crippen LogP contribution >= 0.6 is 0 Å². The van der Waals surface area contributed by atoms with Crippen LogP contribution in [0.4, 0.5) is 0 Å². The first-order valence-corrected chi connectivity index (χ1v) is 9.21. The molecule has 0 amide bonds. The molecule has 0 aromatic heterocycles. The van der Waals surface area contributed by atoms with Gasteiger partial charge < -0.3 is 0 Å². The Labute approximate surface area is 136 Å².